The van der Waals surface area contributed by atoms with E-state index in [-0.39, 0.29) is 0 Å². The topological polar surface area (TPSA) is 25.4 Å². The number of hydrogen-bond acceptors (Lipinski definition) is 4. The first-order valence-corrected chi connectivity index (χ1v) is 8.46. The molecular formula is C17H22N2OS. The number of benzene rings is 1. The van der Waals surface area contributed by atoms with E-state index in [1.165, 1.54) is 42.9 Å². The number of ether oxygens (including phenoxy) is 1. The molecule has 0 bridgehead atoms. The first-order valence-electron chi connectivity index (χ1n) is 7.58. The van der Waals surface area contributed by atoms with Crippen LogP contribution in [0.2, 0.25) is 0 Å². The van der Waals surface area contributed by atoms with E-state index in [0.717, 1.165) is 23.6 Å². The van der Waals surface area contributed by atoms with Crippen molar-refractivity contribution in [3.8, 4) is 17.0 Å². The average Bonchev–Trinajstić information content (AvgIpc) is 2.96. The number of aryl methyl sites for hydroxylation is 1. The molecule has 0 radical (unpaired) electrons. The minimum atomic E-state index is 0.899. The summed E-state index contributed by atoms with van der Waals surface area (Å²) in [6.45, 7) is 5.51. The van der Waals surface area contributed by atoms with Gasteiger partial charge >= 0.3 is 0 Å². The summed E-state index contributed by atoms with van der Waals surface area (Å²) < 4.78 is 5.47. The van der Waals surface area contributed by atoms with Crippen LogP contribution in [0.1, 0.15) is 29.8 Å². The number of methoxy groups -OCH3 is 1. The molecule has 112 valence electrons. The zero-order chi connectivity index (χ0) is 14.7. The second-order valence-corrected chi connectivity index (χ2v) is 6.61. The molecule has 0 aliphatic carbocycles. The molecule has 0 atom stereocenters. The van der Waals surface area contributed by atoms with Crippen LogP contribution >= 0.6 is 11.3 Å². The molecule has 0 N–H and O–H groups in total. The van der Waals surface area contributed by atoms with Crippen molar-refractivity contribution >= 4 is 11.3 Å². The number of aromatic nitrogens is 1. The van der Waals surface area contributed by atoms with Gasteiger partial charge in [-0.15, -0.1) is 11.3 Å². The maximum Gasteiger partial charge on any atom is 0.128 e. The van der Waals surface area contributed by atoms with Gasteiger partial charge in [0.1, 0.15) is 10.8 Å². The molecule has 1 aromatic carbocycles. The third-order valence-electron chi connectivity index (χ3n) is 3.99. The van der Waals surface area contributed by atoms with Crippen LogP contribution in [0.25, 0.3) is 11.3 Å². The SMILES string of the molecule is COc1ccc(C)cc1-c1csc(CN2CCCCC2)n1. The Morgan fingerprint density at radius 1 is 1.24 bits per heavy atom. The molecular weight excluding hydrogens is 280 g/mol. The predicted molar refractivity (Wildman–Crippen MR) is 88.0 cm³/mol. The van der Waals surface area contributed by atoms with Crippen molar-refractivity contribution in [1.29, 1.82) is 0 Å². The highest BCUT2D eigenvalue weighted by Gasteiger charge is 2.14. The second kappa shape index (κ2) is 6.58. The van der Waals surface area contributed by atoms with Gasteiger partial charge in [-0.2, -0.15) is 0 Å². The van der Waals surface area contributed by atoms with Crippen LogP contribution in [-0.4, -0.2) is 30.1 Å². The molecule has 21 heavy (non-hydrogen) atoms. The first kappa shape index (κ1) is 14.5. The lowest BCUT2D eigenvalue weighted by atomic mass is 10.1. The quantitative estimate of drug-likeness (QED) is 0.849. The zero-order valence-corrected chi connectivity index (χ0v) is 13.6. The molecule has 0 unspecified atom stereocenters. The Bertz CT molecular complexity index is 603. The molecule has 0 amide bonds. The molecule has 0 saturated carbocycles. The Kier molecular flexibility index (Phi) is 4.56. The minimum absolute atomic E-state index is 0.899. The van der Waals surface area contributed by atoms with Crippen molar-refractivity contribution in [2.75, 3.05) is 20.2 Å². The van der Waals surface area contributed by atoms with Gasteiger partial charge in [-0.1, -0.05) is 18.1 Å². The van der Waals surface area contributed by atoms with Gasteiger partial charge in [-0.25, -0.2) is 4.98 Å². The van der Waals surface area contributed by atoms with Crippen molar-refractivity contribution in [1.82, 2.24) is 9.88 Å². The summed E-state index contributed by atoms with van der Waals surface area (Å²) in [6, 6.07) is 6.25. The van der Waals surface area contributed by atoms with Crippen molar-refractivity contribution in [2.24, 2.45) is 0 Å². The van der Waals surface area contributed by atoms with Crippen LogP contribution < -0.4 is 4.74 Å². The lowest BCUT2D eigenvalue weighted by molar-refractivity contribution is 0.220. The van der Waals surface area contributed by atoms with Gasteiger partial charge in [0.15, 0.2) is 0 Å². The van der Waals surface area contributed by atoms with Crippen LogP contribution in [0.15, 0.2) is 23.6 Å². The number of rotatable bonds is 4. The summed E-state index contributed by atoms with van der Waals surface area (Å²) in [5.41, 5.74) is 3.36. The van der Waals surface area contributed by atoms with Crippen LogP contribution in [0.5, 0.6) is 5.75 Å². The highest BCUT2D eigenvalue weighted by Crippen LogP contribution is 2.32. The number of thiazole rings is 1. The van der Waals surface area contributed by atoms with Gasteiger partial charge in [0.05, 0.1) is 19.3 Å². The normalized spacial score (nSPS) is 16.1. The standard InChI is InChI=1S/C17H22N2OS/c1-13-6-7-16(20-2)14(10-13)15-12-21-17(18-15)11-19-8-4-3-5-9-19/h6-7,10,12H,3-5,8-9,11H2,1-2H3. The number of likely N-dealkylation sites (tertiary alicyclic amines) is 1. The van der Waals surface area contributed by atoms with E-state index in [0.29, 0.717) is 0 Å². The number of nitrogens with zero attached hydrogens (tertiary/aromatic N) is 2. The largest absolute Gasteiger partial charge is 0.496 e. The molecule has 3 rings (SSSR count). The minimum Gasteiger partial charge on any atom is -0.496 e. The third kappa shape index (κ3) is 3.44. The van der Waals surface area contributed by atoms with Gasteiger partial charge in [0.2, 0.25) is 0 Å². The molecule has 4 heteroatoms. The molecule has 1 fully saturated rings. The summed E-state index contributed by atoms with van der Waals surface area (Å²) in [4.78, 5) is 7.33. The van der Waals surface area contributed by atoms with Gasteiger partial charge in [-0.3, -0.25) is 4.90 Å². The maximum absolute atomic E-state index is 5.47. The fourth-order valence-electron chi connectivity index (χ4n) is 2.84. The molecule has 1 aromatic heterocycles. The van der Waals surface area contributed by atoms with E-state index >= 15 is 0 Å². The van der Waals surface area contributed by atoms with E-state index in [1.54, 1.807) is 18.4 Å². The predicted octanol–water partition coefficient (Wildman–Crippen LogP) is 4.11. The zero-order valence-electron chi connectivity index (χ0n) is 12.8. The van der Waals surface area contributed by atoms with E-state index < -0.39 is 0 Å². The summed E-state index contributed by atoms with van der Waals surface area (Å²) in [7, 11) is 1.72. The monoisotopic (exact) mass is 302 g/mol. The summed E-state index contributed by atoms with van der Waals surface area (Å²) in [5.74, 6) is 0.899. The van der Waals surface area contributed by atoms with Crippen molar-refractivity contribution in [3.63, 3.8) is 0 Å². The van der Waals surface area contributed by atoms with E-state index in [9.17, 15) is 0 Å². The smallest absolute Gasteiger partial charge is 0.128 e. The molecule has 0 spiro atoms. The first-order chi connectivity index (χ1) is 10.3. The summed E-state index contributed by atoms with van der Waals surface area (Å²) in [5, 5.41) is 3.35. The fourth-order valence-corrected chi connectivity index (χ4v) is 3.67. The fraction of sp³-hybridized carbons (Fsp3) is 0.471. The number of hydrogen-bond donors (Lipinski definition) is 0. The lowest BCUT2D eigenvalue weighted by Gasteiger charge is -2.25. The summed E-state index contributed by atoms with van der Waals surface area (Å²) >= 11 is 1.75. The highest BCUT2D eigenvalue weighted by atomic mass is 32.1. The van der Waals surface area contributed by atoms with Crippen LogP contribution in [-0.2, 0) is 6.54 Å². The van der Waals surface area contributed by atoms with Crippen molar-refractivity contribution in [3.05, 3.63) is 34.2 Å². The van der Waals surface area contributed by atoms with Crippen LogP contribution in [0.3, 0.4) is 0 Å². The van der Waals surface area contributed by atoms with Crippen LogP contribution in [0, 0.1) is 6.92 Å². The Morgan fingerprint density at radius 2 is 2.05 bits per heavy atom. The molecule has 3 nitrogen and oxygen atoms in total. The van der Waals surface area contributed by atoms with Gasteiger partial charge < -0.3 is 4.74 Å². The van der Waals surface area contributed by atoms with Gasteiger partial charge in [0.25, 0.3) is 0 Å². The molecule has 2 heterocycles. The van der Waals surface area contributed by atoms with Crippen molar-refractivity contribution < 1.29 is 4.74 Å². The molecule has 2 aromatic rings. The second-order valence-electron chi connectivity index (χ2n) is 5.67. The molecule has 1 saturated heterocycles. The van der Waals surface area contributed by atoms with Gasteiger partial charge in [-0.05, 0) is 45.0 Å². The average molecular weight is 302 g/mol. The van der Waals surface area contributed by atoms with E-state index in [2.05, 4.69) is 29.3 Å². The Hall–Kier alpha value is -1.39. The van der Waals surface area contributed by atoms with Crippen LogP contribution in [0.4, 0.5) is 0 Å². The van der Waals surface area contributed by atoms with Crippen molar-refractivity contribution in [2.45, 2.75) is 32.7 Å². The third-order valence-corrected chi connectivity index (χ3v) is 4.82. The van der Waals surface area contributed by atoms with E-state index in [4.69, 9.17) is 9.72 Å². The number of piperidine rings is 1. The Morgan fingerprint density at radius 3 is 2.81 bits per heavy atom. The summed E-state index contributed by atoms with van der Waals surface area (Å²) in [6.07, 6.45) is 4.02. The van der Waals surface area contributed by atoms with Gasteiger partial charge in [0, 0.05) is 10.9 Å². The molecule has 1 aliphatic rings. The molecule has 1 aliphatic heterocycles. The highest BCUT2D eigenvalue weighted by molar-refractivity contribution is 7.09. The Balaban J connectivity index is 1.79. The Labute approximate surface area is 130 Å². The lowest BCUT2D eigenvalue weighted by Crippen LogP contribution is -2.28. The maximum atomic E-state index is 5.47. The van der Waals surface area contributed by atoms with E-state index in [1.807, 2.05) is 6.07 Å².